The molecule has 0 aromatic heterocycles. The highest BCUT2D eigenvalue weighted by Gasteiger charge is 2.21. The smallest absolute Gasteiger partial charge is 0.240 e. The largest absolute Gasteiger partial charge is 0.354 e. The minimum absolute atomic E-state index is 0.126. The van der Waals surface area contributed by atoms with E-state index >= 15 is 0 Å². The molecule has 2 aromatic carbocycles. The van der Waals surface area contributed by atoms with E-state index in [1.807, 2.05) is 44.2 Å². The highest BCUT2D eigenvalue weighted by molar-refractivity contribution is 7.92. The molecular weight excluding hydrogens is 372 g/mol. The van der Waals surface area contributed by atoms with Gasteiger partial charge in [-0.1, -0.05) is 54.9 Å². The molecule has 0 saturated carbocycles. The predicted molar refractivity (Wildman–Crippen MR) is 106 cm³/mol. The Bertz CT molecular complexity index is 870. The van der Waals surface area contributed by atoms with Crippen molar-refractivity contribution >= 4 is 33.2 Å². The summed E-state index contributed by atoms with van der Waals surface area (Å²) in [6, 6.07) is 14.7. The number of halogens is 1. The SMILES string of the molecule is Cc1ccc(N(CC(=O)NCC(C)c2ccccc2)S(C)(=O)=O)cc1Cl. The third-order valence-electron chi connectivity index (χ3n) is 4.10. The lowest BCUT2D eigenvalue weighted by molar-refractivity contribution is -0.119. The summed E-state index contributed by atoms with van der Waals surface area (Å²) in [5.41, 5.74) is 2.32. The van der Waals surface area contributed by atoms with Crippen molar-refractivity contribution in [2.75, 3.05) is 23.7 Å². The maximum Gasteiger partial charge on any atom is 0.240 e. The van der Waals surface area contributed by atoms with Crippen LogP contribution in [0.1, 0.15) is 24.0 Å². The van der Waals surface area contributed by atoms with Gasteiger partial charge in [0.15, 0.2) is 0 Å². The van der Waals surface area contributed by atoms with Gasteiger partial charge in [-0.05, 0) is 36.1 Å². The highest BCUT2D eigenvalue weighted by atomic mass is 35.5. The molecule has 1 atom stereocenters. The summed E-state index contributed by atoms with van der Waals surface area (Å²) in [5, 5.41) is 3.25. The Labute approximate surface area is 160 Å². The Balaban J connectivity index is 2.06. The minimum Gasteiger partial charge on any atom is -0.354 e. The van der Waals surface area contributed by atoms with E-state index in [1.165, 1.54) is 0 Å². The minimum atomic E-state index is -3.62. The average Bonchev–Trinajstić information content (AvgIpc) is 2.60. The molecule has 0 aliphatic rings. The van der Waals surface area contributed by atoms with Crippen molar-refractivity contribution < 1.29 is 13.2 Å². The number of amides is 1. The quantitative estimate of drug-likeness (QED) is 0.783. The number of carbonyl (C=O) groups excluding carboxylic acids is 1. The van der Waals surface area contributed by atoms with Crippen LogP contribution in [-0.2, 0) is 14.8 Å². The zero-order chi connectivity index (χ0) is 19.3. The average molecular weight is 395 g/mol. The molecule has 2 rings (SSSR count). The second kappa shape index (κ2) is 8.56. The topological polar surface area (TPSA) is 66.5 Å². The Morgan fingerprint density at radius 1 is 1.19 bits per heavy atom. The Hall–Kier alpha value is -2.05. The fraction of sp³-hybridized carbons (Fsp3) is 0.316. The first kappa shape index (κ1) is 20.3. The number of nitrogens with zero attached hydrogens (tertiary/aromatic N) is 1. The third-order valence-corrected chi connectivity index (χ3v) is 5.65. The van der Waals surface area contributed by atoms with E-state index in [2.05, 4.69) is 5.32 Å². The Kier molecular flexibility index (Phi) is 6.67. The Morgan fingerprint density at radius 3 is 2.42 bits per heavy atom. The summed E-state index contributed by atoms with van der Waals surface area (Å²) in [5.74, 6) is -0.240. The number of benzene rings is 2. The van der Waals surface area contributed by atoms with Crippen LogP contribution in [0.2, 0.25) is 5.02 Å². The van der Waals surface area contributed by atoms with E-state index in [0.29, 0.717) is 17.3 Å². The number of hydrogen-bond acceptors (Lipinski definition) is 3. The van der Waals surface area contributed by atoms with Crippen LogP contribution in [0.25, 0.3) is 0 Å². The van der Waals surface area contributed by atoms with Crippen LogP contribution in [0.5, 0.6) is 0 Å². The number of hydrogen-bond donors (Lipinski definition) is 1. The lowest BCUT2D eigenvalue weighted by atomic mass is 10.0. The molecule has 0 fully saturated rings. The summed E-state index contributed by atoms with van der Waals surface area (Å²) < 4.78 is 25.3. The predicted octanol–water partition coefficient (Wildman–Crippen LogP) is 3.33. The van der Waals surface area contributed by atoms with Crippen LogP contribution in [0.15, 0.2) is 48.5 Å². The molecule has 2 aromatic rings. The van der Waals surface area contributed by atoms with Crippen LogP contribution in [0.4, 0.5) is 5.69 Å². The molecule has 140 valence electrons. The molecular formula is C19H23ClN2O3S. The summed E-state index contributed by atoms with van der Waals surface area (Å²) in [6.07, 6.45) is 1.07. The summed E-state index contributed by atoms with van der Waals surface area (Å²) >= 11 is 6.09. The van der Waals surface area contributed by atoms with Gasteiger partial charge in [0, 0.05) is 11.6 Å². The van der Waals surface area contributed by atoms with Crippen molar-refractivity contribution in [3.63, 3.8) is 0 Å². The van der Waals surface area contributed by atoms with E-state index < -0.39 is 10.0 Å². The van der Waals surface area contributed by atoms with Crippen molar-refractivity contribution in [2.45, 2.75) is 19.8 Å². The second-order valence-electron chi connectivity index (χ2n) is 6.32. The van der Waals surface area contributed by atoms with Gasteiger partial charge in [0.2, 0.25) is 15.9 Å². The summed E-state index contributed by atoms with van der Waals surface area (Å²) in [4.78, 5) is 12.3. The van der Waals surface area contributed by atoms with Crippen LogP contribution in [0.3, 0.4) is 0 Å². The van der Waals surface area contributed by atoms with Gasteiger partial charge in [-0.3, -0.25) is 9.10 Å². The lowest BCUT2D eigenvalue weighted by Gasteiger charge is -2.23. The van der Waals surface area contributed by atoms with Gasteiger partial charge in [0.1, 0.15) is 6.54 Å². The van der Waals surface area contributed by atoms with E-state index in [4.69, 9.17) is 11.6 Å². The van der Waals surface area contributed by atoms with Crippen molar-refractivity contribution in [1.82, 2.24) is 5.32 Å². The van der Waals surface area contributed by atoms with Gasteiger partial charge in [-0.25, -0.2) is 8.42 Å². The van der Waals surface area contributed by atoms with Gasteiger partial charge < -0.3 is 5.32 Å². The van der Waals surface area contributed by atoms with Gasteiger partial charge in [-0.2, -0.15) is 0 Å². The highest BCUT2D eigenvalue weighted by Crippen LogP contribution is 2.24. The Morgan fingerprint density at radius 2 is 1.85 bits per heavy atom. The van der Waals surface area contributed by atoms with E-state index in [-0.39, 0.29) is 18.4 Å². The number of rotatable bonds is 7. The molecule has 0 aliphatic carbocycles. The molecule has 0 spiro atoms. The van der Waals surface area contributed by atoms with E-state index in [9.17, 15) is 13.2 Å². The second-order valence-corrected chi connectivity index (χ2v) is 8.63. The normalized spacial score (nSPS) is 12.5. The fourth-order valence-corrected chi connectivity index (χ4v) is 3.51. The van der Waals surface area contributed by atoms with Crippen molar-refractivity contribution in [3.8, 4) is 0 Å². The van der Waals surface area contributed by atoms with Gasteiger partial charge in [0.25, 0.3) is 0 Å². The molecule has 1 N–H and O–H groups in total. The molecule has 26 heavy (non-hydrogen) atoms. The maximum absolute atomic E-state index is 12.3. The third kappa shape index (κ3) is 5.47. The van der Waals surface area contributed by atoms with Crippen molar-refractivity contribution in [1.29, 1.82) is 0 Å². The monoisotopic (exact) mass is 394 g/mol. The zero-order valence-electron chi connectivity index (χ0n) is 15.1. The molecule has 0 bridgehead atoms. The first-order chi connectivity index (χ1) is 12.2. The zero-order valence-corrected chi connectivity index (χ0v) is 16.6. The van der Waals surface area contributed by atoms with Gasteiger partial charge >= 0.3 is 0 Å². The van der Waals surface area contributed by atoms with E-state index in [0.717, 1.165) is 21.7 Å². The maximum atomic E-state index is 12.3. The summed E-state index contributed by atoms with van der Waals surface area (Å²) in [6.45, 7) is 3.97. The number of sulfonamides is 1. The van der Waals surface area contributed by atoms with Crippen molar-refractivity contribution in [3.05, 3.63) is 64.7 Å². The number of nitrogens with one attached hydrogen (secondary N) is 1. The molecule has 5 nitrogen and oxygen atoms in total. The summed E-state index contributed by atoms with van der Waals surface area (Å²) in [7, 11) is -3.62. The number of anilines is 1. The molecule has 1 amide bonds. The first-order valence-electron chi connectivity index (χ1n) is 8.24. The van der Waals surface area contributed by atoms with Crippen molar-refractivity contribution in [2.24, 2.45) is 0 Å². The van der Waals surface area contributed by atoms with E-state index in [1.54, 1.807) is 18.2 Å². The molecule has 0 radical (unpaired) electrons. The molecule has 1 unspecified atom stereocenters. The van der Waals surface area contributed by atoms with Gasteiger partial charge in [-0.15, -0.1) is 0 Å². The van der Waals surface area contributed by atoms with Crippen LogP contribution in [-0.4, -0.2) is 33.7 Å². The lowest BCUT2D eigenvalue weighted by Crippen LogP contribution is -2.41. The first-order valence-corrected chi connectivity index (χ1v) is 10.5. The number of aryl methyl sites for hydroxylation is 1. The molecule has 0 heterocycles. The van der Waals surface area contributed by atoms with Crippen LogP contribution < -0.4 is 9.62 Å². The van der Waals surface area contributed by atoms with Gasteiger partial charge in [0.05, 0.1) is 11.9 Å². The standard InChI is InChI=1S/C19H23ClN2O3S/c1-14-9-10-17(11-18(14)20)22(26(3,24)25)13-19(23)21-12-15(2)16-7-5-4-6-8-16/h4-11,15H,12-13H2,1-3H3,(H,21,23). The fourth-order valence-electron chi connectivity index (χ4n) is 2.49. The van der Waals surface area contributed by atoms with Crippen LogP contribution in [0, 0.1) is 6.92 Å². The molecule has 7 heteroatoms. The molecule has 0 saturated heterocycles. The van der Waals surface area contributed by atoms with Crippen LogP contribution >= 0.6 is 11.6 Å². The molecule has 0 aliphatic heterocycles. The number of carbonyl (C=O) groups is 1.